The molecule has 0 radical (unpaired) electrons. The second-order valence-corrected chi connectivity index (χ2v) is 2.96. The van der Waals surface area contributed by atoms with Crippen LogP contribution in [-0.2, 0) is 0 Å². The maximum atomic E-state index is 4.27. The first-order chi connectivity index (χ1) is 6.45. The van der Waals surface area contributed by atoms with Crippen molar-refractivity contribution in [1.29, 1.82) is 0 Å². The predicted molar refractivity (Wildman–Crippen MR) is 51.4 cm³/mol. The number of nitrogens with one attached hydrogen (secondary N) is 1. The van der Waals surface area contributed by atoms with E-state index in [9.17, 15) is 0 Å². The average molecular weight is 169 g/mol. The summed E-state index contributed by atoms with van der Waals surface area (Å²) in [7, 11) is 0. The molecule has 3 heteroatoms. The molecule has 0 saturated heterocycles. The highest BCUT2D eigenvalue weighted by atomic mass is 14.8. The summed E-state index contributed by atoms with van der Waals surface area (Å²) in [5.74, 6) is 0. The topological polar surface area (TPSA) is 41.6 Å². The molecule has 0 amide bonds. The summed E-state index contributed by atoms with van der Waals surface area (Å²) in [6, 6.07) is 4.04. The van der Waals surface area contributed by atoms with Crippen molar-refractivity contribution in [2.75, 3.05) is 0 Å². The van der Waals surface area contributed by atoms with Crippen molar-refractivity contribution in [3.05, 3.63) is 36.9 Å². The molecule has 0 spiro atoms. The quantitative estimate of drug-likeness (QED) is 0.560. The summed E-state index contributed by atoms with van der Waals surface area (Å²) in [6.45, 7) is 0. The normalized spacial score (nSPS) is 11.1. The average Bonchev–Trinajstić information content (AvgIpc) is 2.65. The van der Waals surface area contributed by atoms with Gasteiger partial charge in [-0.05, 0) is 17.5 Å². The van der Waals surface area contributed by atoms with E-state index >= 15 is 0 Å². The monoisotopic (exact) mass is 169 g/mol. The number of hydrogen-bond donors (Lipinski definition) is 1. The number of fused-ring (bicyclic) bond motifs is 3. The molecule has 62 valence electrons. The number of nitrogens with zero attached hydrogens (tertiary/aromatic N) is 2. The van der Waals surface area contributed by atoms with Crippen LogP contribution in [-0.4, -0.2) is 15.0 Å². The van der Waals surface area contributed by atoms with Gasteiger partial charge in [-0.15, -0.1) is 0 Å². The first kappa shape index (κ1) is 6.60. The Morgan fingerprint density at radius 2 is 2.08 bits per heavy atom. The lowest BCUT2D eigenvalue weighted by Gasteiger charge is -1.96. The molecule has 0 bridgehead atoms. The van der Waals surface area contributed by atoms with Crippen LogP contribution in [0.25, 0.3) is 21.8 Å². The van der Waals surface area contributed by atoms with Crippen LogP contribution in [0.4, 0.5) is 0 Å². The van der Waals surface area contributed by atoms with Crippen LogP contribution in [0, 0.1) is 0 Å². The maximum Gasteiger partial charge on any atom is 0.137 e. The number of aromatic amines is 1. The van der Waals surface area contributed by atoms with Crippen molar-refractivity contribution in [1.82, 2.24) is 15.0 Å². The lowest BCUT2D eigenvalue weighted by molar-refractivity contribution is 1.32. The van der Waals surface area contributed by atoms with Gasteiger partial charge in [0.2, 0.25) is 0 Å². The van der Waals surface area contributed by atoms with Crippen LogP contribution in [0.2, 0.25) is 0 Å². The molecule has 0 aliphatic rings. The molecule has 3 aromatic rings. The molecule has 3 heterocycles. The van der Waals surface area contributed by atoms with Crippen LogP contribution >= 0.6 is 0 Å². The second-order valence-electron chi connectivity index (χ2n) is 2.96. The standard InChI is InChI=1S/C10H7N3/c1-3-11-5-7-6-13-10-9(8(1)7)2-4-12-10/h1-6H,(H,12,13). The molecule has 0 fully saturated rings. The van der Waals surface area contributed by atoms with Gasteiger partial charge in [-0.3, -0.25) is 4.98 Å². The van der Waals surface area contributed by atoms with Crippen molar-refractivity contribution in [3.63, 3.8) is 0 Å². The molecular weight excluding hydrogens is 162 g/mol. The lowest BCUT2D eigenvalue weighted by atomic mass is 10.2. The third-order valence-corrected chi connectivity index (χ3v) is 2.20. The molecule has 13 heavy (non-hydrogen) atoms. The van der Waals surface area contributed by atoms with Gasteiger partial charge >= 0.3 is 0 Å². The SMILES string of the molecule is c1cc2c(cn1)cnc1[nH]ccc12. The van der Waals surface area contributed by atoms with Gasteiger partial charge in [-0.25, -0.2) is 4.98 Å². The summed E-state index contributed by atoms with van der Waals surface area (Å²) in [4.78, 5) is 11.4. The summed E-state index contributed by atoms with van der Waals surface area (Å²) in [5, 5.41) is 3.43. The van der Waals surface area contributed by atoms with E-state index in [0.29, 0.717) is 0 Å². The Labute approximate surface area is 74.4 Å². The van der Waals surface area contributed by atoms with Gasteiger partial charge in [-0.1, -0.05) is 0 Å². The van der Waals surface area contributed by atoms with Crippen molar-refractivity contribution in [2.24, 2.45) is 0 Å². The molecule has 0 saturated carbocycles. The Hall–Kier alpha value is -1.90. The maximum absolute atomic E-state index is 4.27. The van der Waals surface area contributed by atoms with Gasteiger partial charge in [0.05, 0.1) is 0 Å². The first-order valence-electron chi connectivity index (χ1n) is 4.11. The molecule has 3 nitrogen and oxygen atoms in total. The highest BCUT2D eigenvalue weighted by Crippen LogP contribution is 2.20. The largest absolute Gasteiger partial charge is 0.346 e. The minimum Gasteiger partial charge on any atom is -0.346 e. The summed E-state index contributed by atoms with van der Waals surface area (Å²) in [5.41, 5.74) is 0.929. The Balaban J connectivity index is 2.65. The molecule has 1 N–H and O–H groups in total. The van der Waals surface area contributed by atoms with Crippen LogP contribution in [0.1, 0.15) is 0 Å². The van der Waals surface area contributed by atoms with Gasteiger partial charge < -0.3 is 4.98 Å². The number of rotatable bonds is 0. The third-order valence-electron chi connectivity index (χ3n) is 2.20. The second kappa shape index (κ2) is 2.29. The Bertz CT molecular complexity index is 568. The minimum absolute atomic E-state index is 0.929. The zero-order valence-electron chi connectivity index (χ0n) is 6.86. The van der Waals surface area contributed by atoms with E-state index in [1.165, 1.54) is 5.39 Å². The van der Waals surface area contributed by atoms with Crippen molar-refractivity contribution < 1.29 is 0 Å². The highest BCUT2D eigenvalue weighted by molar-refractivity contribution is 6.03. The van der Waals surface area contributed by atoms with Gasteiger partial charge in [0, 0.05) is 35.6 Å². The van der Waals surface area contributed by atoms with Gasteiger partial charge in [-0.2, -0.15) is 0 Å². The van der Waals surface area contributed by atoms with E-state index in [1.807, 2.05) is 30.7 Å². The molecular formula is C10H7N3. The van der Waals surface area contributed by atoms with E-state index in [0.717, 1.165) is 16.4 Å². The fraction of sp³-hybridized carbons (Fsp3) is 0. The highest BCUT2D eigenvalue weighted by Gasteiger charge is 2.00. The zero-order valence-corrected chi connectivity index (χ0v) is 6.86. The fourth-order valence-electron chi connectivity index (χ4n) is 1.57. The van der Waals surface area contributed by atoms with Crippen molar-refractivity contribution >= 4 is 21.8 Å². The van der Waals surface area contributed by atoms with E-state index in [2.05, 4.69) is 15.0 Å². The van der Waals surface area contributed by atoms with Crippen LogP contribution in [0.15, 0.2) is 36.9 Å². The number of hydrogen-bond acceptors (Lipinski definition) is 2. The Morgan fingerprint density at radius 3 is 3.08 bits per heavy atom. The van der Waals surface area contributed by atoms with Gasteiger partial charge in [0.25, 0.3) is 0 Å². The molecule has 0 atom stereocenters. The molecule has 3 rings (SSSR count). The first-order valence-corrected chi connectivity index (χ1v) is 4.11. The minimum atomic E-state index is 0.929. The smallest absolute Gasteiger partial charge is 0.137 e. The van der Waals surface area contributed by atoms with Crippen LogP contribution < -0.4 is 0 Å². The van der Waals surface area contributed by atoms with Crippen molar-refractivity contribution in [2.45, 2.75) is 0 Å². The molecule has 0 aliphatic heterocycles. The Kier molecular flexibility index (Phi) is 1.16. The van der Waals surface area contributed by atoms with E-state index in [1.54, 1.807) is 6.20 Å². The molecule has 3 aromatic heterocycles. The Morgan fingerprint density at radius 1 is 1.08 bits per heavy atom. The summed E-state index contributed by atoms with van der Waals surface area (Å²) in [6.07, 6.45) is 7.36. The number of aromatic nitrogens is 3. The van der Waals surface area contributed by atoms with Gasteiger partial charge in [0.1, 0.15) is 5.65 Å². The van der Waals surface area contributed by atoms with Gasteiger partial charge in [0.15, 0.2) is 0 Å². The van der Waals surface area contributed by atoms with E-state index in [4.69, 9.17) is 0 Å². The fourth-order valence-corrected chi connectivity index (χ4v) is 1.57. The number of pyridine rings is 2. The van der Waals surface area contributed by atoms with Crippen molar-refractivity contribution in [3.8, 4) is 0 Å². The van der Waals surface area contributed by atoms with Crippen LogP contribution in [0.3, 0.4) is 0 Å². The zero-order chi connectivity index (χ0) is 8.67. The molecule has 0 aliphatic carbocycles. The molecule has 0 aromatic carbocycles. The van der Waals surface area contributed by atoms with E-state index in [-0.39, 0.29) is 0 Å². The predicted octanol–water partition coefficient (Wildman–Crippen LogP) is 2.11. The molecule has 0 unspecified atom stereocenters. The summed E-state index contributed by atoms with van der Waals surface area (Å²) >= 11 is 0. The van der Waals surface area contributed by atoms with E-state index < -0.39 is 0 Å². The summed E-state index contributed by atoms with van der Waals surface area (Å²) < 4.78 is 0. The number of H-pyrrole nitrogens is 1. The lowest BCUT2D eigenvalue weighted by Crippen LogP contribution is -1.79. The third kappa shape index (κ3) is 0.839. The van der Waals surface area contributed by atoms with Crippen LogP contribution in [0.5, 0.6) is 0 Å².